The van der Waals surface area contributed by atoms with Crippen LogP contribution in [0.2, 0.25) is 0 Å². The monoisotopic (exact) mass is 334 g/mol. The molecule has 0 aliphatic rings. The summed E-state index contributed by atoms with van der Waals surface area (Å²) in [6, 6.07) is 5.91. The molecule has 6 heteroatoms. The summed E-state index contributed by atoms with van der Waals surface area (Å²) in [6.45, 7) is 7.51. The first-order chi connectivity index (χ1) is 11.2. The van der Waals surface area contributed by atoms with Crippen LogP contribution in [-0.4, -0.2) is 30.9 Å². The van der Waals surface area contributed by atoms with E-state index in [-0.39, 0.29) is 23.7 Å². The maximum Gasteiger partial charge on any atom is 0.328 e. The van der Waals surface area contributed by atoms with Crippen LogP contribution >= 0.6 is 0 Å². The molecule has 6 nitrogen and oxygen atoms in total. The van der Waals surface area contributed by atoms with Crippen molar-refractivity contribution in [3.8, 4) is 0 Å². The van der Waals surface area contributed by atoms with Crippen LogP contribution in [-0.2, 0) is 14.3 Å². The molecule has 0 heterocycles. The molecule has 1 aromatic carbocycles. The highest BCUT2D eigenvalue weighted by atomic mass is 16.5. The molecule has 0 aliphatic carbocycles. The first kappa shape index (κ1) is 19.7. The average molecular weight is 334 g/mol. The van der Waals surface area contributed by atoms with Gasteiger partial charge in [0.15, 0.2) is 0 Å². The molecule has 0 saturated heterocycles. The molecule has 2 amide bonds. The molecular weight excluding hydrogens is 308 g/mol. The number of ether oxygens (including phenoxy) is 1. The van der Waals surface area contributed by atoms with E-state index in [0.29, 0.717) is 17.7 Å². The van der Waals surface area contributed by atoms with E-state index in [1.165, 1.54) is 7.11 Å². The van der Waals surface area contributed by atoms with Gasteiger partial charge in [0.2, 0.25) is 5.91 Å². The van der Waals surface area contributed by atoms with Crippen molar-refractivity contribution in [3.05, 3.63) is 29.8 Å². The minimum atomic E-state index is -0.698. The smallest absolute Gasteiger partial charge is 0.328 e. The quantitative estimate of drug-likeness (QED) is 0.751. The summed E-state index contributed by atoms with van der Waals surface area (Å²) in [5.41, 5.74) is 0.911. The van der Waals surface area contributed by atoms with Crippen LogP contribution in [0, 0.1) is 11.8 Å². The second kappa shape index (κ2) is 9.05. The Hall–Kier alpha value is -2.37. The number of nitrogens with one attached hydrogen (secondary N) is 2. The Balaban J connectivity index is 2.86. The molecule has 0 saturated carbocycles. The van der Waals surface area contributed by atoms with E-state index in [0.717, 1.165) is 0 Å². The SMILES string of the molecule is COC(=O)[C@@H](CC(C)C)NC(=O)c1cccc(NC(=O)C(C)C)c1. The fraction of sp³-hybridized carbons (Fsp3) is 0.500. The van der Waals surface area contributed by atoms with Crippen molar-refractivity contribution in [2.75, 3.05) is 12.4 Å². The topological polar surface area (TPSA) is 84.5 Å². The molecule has 1 atom stereocenters. The van der Waals surface area contributed by atoms with Crippen LogP contribution in [0.5, 0.6) is 0 Å². The Morgan fingerprint density at radius 3 is 2.33 bits per heavy atom. The number of esters is 1. The standard InChI is InChI=1S/C18H26N2O4/c1-11(2)9-15(18(23)24-5)20-17(22)13-7-6-8-14(10-13)19-16(21)12(3)4/h6-8,10-12,15H,9H2,1-5H3,(H,19,21)(H,20,22)/t15-/m1/s1. The third-order valence-corrected chi connectivity index (χ3v) is 3.41. The normalized spacial score (nSPS) is 12.0. The number of carbonyl (C=O) groups is 3. The Labute approximate surface area is 143 Å². The Morgan fingerprint density at radius 2 is 1.79 bits per heavy atom. The van der Waals surface area contributed by atoms with Gasteiger partial charge in [-0.25, -0.2) is 4.79 Å². The van der Waals surface area contributed by atoms with E-state index in [4.69, 9.17) is 4.74 Å². The molecule has 0 unspecified atom stereocenters. The zero-order chi connectivity index (χ0) is 18.3. The van der Waals surface area contributed by atoms with Gasteiger partial charge in [-0.15, -0.1) is 0 Å². The van der Waals surface area contributed by atoms with Crippen molar-refractivity contribution in [1.82, 2.24) is 5.32 Å². The summed E-state index contributed by atoms with van der Waals surface area (Å²) >= 11 is 0. The molecule has 0 spiro atoms. The van der Waals surface area contributed by atoms with Crippen LogP contribution in [0.1, 0.15) is 44.5 Å². The summed E-state index contributed by atoms with van der Waals surface area (Å²) < 4.78 is 4.74. The number of benzene rings is 1. The molecular formula is C18H26N2O4. The third-order valence-electron chi connectivity index (χ3n) is 3.41. The van der Waals surface area contributed by atoms with Crippen LogP contribution in [0.4, 0.5) is 5.69 Å². The van der Waals surface area contributed by atoms with Gasteiger partial charge in [0.1, 0.15) is 6.04 Å². The van der Waals surface area contributed by atoms with Crippen molar-refractivity contribution >= 4 is 23.5 Å². The maximum absolute atomic E-state index is 12.4. The predicted molar refractivity (Wildman–Crippen MR) is 92.6 cm³/mol. The van der Waals surface area contributed by atoms with E-state index in [1.807, 2.05) is 13.8 Å². The predicted octanol–water partition coefficient (Wildman–Crippen LogP) is 2.60. The number of methoxy groups -OCH3 is 1. The van der Waals surface area contributed by atoms with E-state index in [1.54, 1.807) is 38.1 Å². The van der Waals surface area contributed by atoms with Gasteiger partial charge < -0.3 is 15.4 Å². The number of amides is 2. The van der Waals surface area contributed by atoms with Gasteiger partial charge in [-0.1, -0.05) is 33.8 Å². The number of anilines is 1. The van der Waals surface area contributed by atoms with E-state index >= 15 is 0 Å². The number of hydrogen-bond donors (Lipinski definition) is 2. The zero-order valence-electron chi connectivity index (χ0n) is 14.9. The Kier molecular flexibility index (Phi) is 7.42. The van der Waals surface area contributed by atoms with E-state index < -0.39 is 12.0 Å². The number of hydrogen-bond acceptors (Lipinski definition) is 4. The van der Waals surface area contributed by atoms with Gasteiger partial charge in [0.25, 0.3) is 5.91 Å². The van der Waals surface area contributed by atoms with Crippen LogP contribution < -0.4 is 10.6 Å². The highest BCUT2D eigenvalue weighted by Gasteiger charge is 2.23. The lowest BCUT2D eigenvalue weighted by Gasteiger charge is -2.18. The van der Waals surface area contributed by atoms with Crippen LogP contribution in [0.3, 0.4) is 0 Å². The van der Waals surface area contributed by atoms with Crippen molar-refractivity contribution in [1.29, 1.82) is 0 Å². The molecule has 0 radical (unpaired) electrons. The minimum absolute atomic E-state index is 0.125. The molecule has 24 heavy (non-hydrogen) atoms. The summed E-state index contributed by atoms with van der Waals surface area (Å²) in [5.74, 6) is -0.906. The second-order valence-corrected chi connectivity index (χ2v) is 6.40. The Bertz CT molecular complexity index is 596. The maximum atomic E-state index is 12.4. The third kappa shape index (κ3) is 6.02. The molecule has 2 N–H and O–H groups in total. The molecule has 1 rings (SSSR count). The largest absolute Gasteiger partial charge is 0.467 e. The number of carbonyl (C=O) groups excluding carboxylic acids is 3. The fourth-order valence-electron chi connectivity index (χ4n) is 2.09. The summed E-state index contributed by atoms with van der Waals surface area (Å²) in [6.07, 6.45) is 0.488. The van der Waals surface area contributed by atoms with E-state index in [2.05, 4.69) is 10.6 Å². The van der Waals surface area contributed by atoms with Crippen LogP contribution in [0.15, 0.2) is 24.3 Å². The second-order valence-electron chi connectivity index (χ2n) is 6.40. The van der Waals surface area contributed by atoms with Crippen molar-refractivity contribution in [2.24, 2.45) is 11.8 Å². The summed E-state index contributed by atoms with van der Waals surface area (Å²) in [7, 11) is 1.30. The molecule has 0 aliphatic heterocycles. The first-order valence-corrected chi connectivity index (χ1v) is 8.04. The lowest BCUT2D eigenvalue weighted by atomic mass is 10.0. The molecule has 1 aromatic rings. The van der Waals surface area contributed by atoms with Gasteiger partial charge in [-0.3, -0.25) is 9.59 Å². The highest BCUT2D eigenvalue weighted by molar-refractivity contribution is 5.99. The number of rotatable bonds is 7. The minimum Gasteiger partial charge on any atom is -0.467 e. The van der Waals surface area contributed by atoms with Crippen LogP contribution in [0.25, 0.3) is 0 Å². The first-order valence-electron chi connectivity index (χ1n) is 8.04. The average Bonchev–Trinajstić information content (AvgIpc) is 2.53. The Morgan fingerprint density at radius 1 is 1.12 bits per heavy atom. The van der Waals surface area contributed by atoms with Gasteiger partial charge in [-0.2, -0.15) is 0 Å². The zero-order valence-corrected chi connectivity index (χ0v) is 14.9. The van der Waals surface area contributed by atoms with Crippen molar-refractivity contribution < 1.29 is 19.1 Å². The molecule has 0 bridgehead atoms. The molecule has 0 aromatic heterocycles. The molecule has 132 valence electrons. The highest BCUT2D eigenvalue weighted by Crippen LogP contribution is 2.13. The lowest BCUT2D eigenvalue weighted by Crippen LogP contribution is -2.42. The van der Waals surface area contributed by atoms with Gasteiger partial charge >= 0.3 is 5.97 Å². The summed E-state index contributed by atoms with van der Waals surface area (Å²) in [4.78, 5) is 36.0. The van der Waals surface area contributed by atoms with Gasteiger partial charge in [0.05, 0.1) is 7.11 Å². The van der Waals surface area contributed by atoms with Crippen molar-refractivity contribution in [3.63, 3.8) is 0 Å². The lowest BCUT2D eigenvalue weighted by molar-refractivity contribution is -0.143. The summed E-state index contributed by atoms with van der Waals surface area (Å²) in [5, 5.41) is 5.44. The molecule has 0 fully saturated rings. The van der Waals surface area contributed by atoms with Crippen molar-refractivity contribution in [2.45, 2.75) is 40.2 Å². The van der Waals surface area contributed by atoms with E-state index in [9.17, 15) is 14.4 Å². The van der Waals surface area contributed by atoms with Gasteiger partial charge in [0, 0.05) is 17.2 Å². The van der Waals surface area contributed by atoms with Gasteiger partial charge in [-0.05, 0) is 30.5 Å². The fourth-order valence-corrected chi connectivity index (χ4v) is 2.09.